The molecule has 0 saturated heterocycles. The van der Waals surface area contributed by atoms with Crippen molar-refractivity contribution in [3.63, 3.8) is 0 Å². The van der Waals surface area contributed by atoms with E-state index in [1.807, 2.05) is 16.6 Å². The van der Waals surface area contributed by atoms with Gasteiger partial charge >= 0.3 is 0 Å². The lowest BCUT2D eigenvalue weighted by Crippen LogP contribution is -2.22. The normalized spacial score (nSPS) is 14.0. The summed E-state index contributed by atoms with van der Waals surface area (Å²) < 4.78 is 7.34. The minimum atomic E-state index is 0.595. The van der Waals surface area contributed by atoms with E-state index in [1.165, 1.54) is 16.9 Å². The first-order valence-corrected chi connectivity index (χ1v) is 9.66. The predicted molar refractivity (Wildman–Crippen MR) is 103 cm³/mol. The van der Waals surface area contributed by atoms with E-state index in [4.69, 9.17) is 14.4 Å². The number of nitrogens with zero attached hydrogens (tertiary/aromatic N) is 5. The van der Waals surface area contributed by atoms with Crippen LogP contribution in [0.25, 0.3) is 27.4 Å². The highest BCUT2D eigenvalue weighted by atomic mass is 32.1. The summed E-state index contributed by atoms with van der Waals surface area (Å²) >= 11 is 1.80. The molecule has 0 bridgehead atoms. The highest BCUT2D eigenvalue weighted by molar-refractivity contribution is 7.19. The lowest BCUT2D eigenvalue weighted by Gasteiger charge is -2.11. The SMILES string of the molecule is CN(C)CCNc1nc2sc3c(c2c2nc(-c4ccco4)nn12)CCC3. The van der Waals surface area contributed by atoms with Gasteiger partial charge in [0.1, 0.15) is 4.83 Å². The largest absolute Gasteiger partial charge is 0.461 e. The van der Waals surface area contributed by atoms with E-state index >= 15 is 0 Å². The molecule has 0 atom stereocenters. The molecule has 0 aromatic carbocycles. The van der Waals surface area contributed by atoms with Crippen LogP contribution in [0.2, 0.25) is 0 Å². The van der Waals surface area contributed by atoms with Gasteiger partial charge in [0.05, 0.1) is 11.6 Å². The van der Waals surface area contributed by atoms with E-state index in [-0.39, 0.29) is 0 Å². The van der Waals surface area contributed by atoms with Crippen LogP contribution in [0.4, 0.5) is 5.95 Å². The molecule has 1 aliphatic carbocycles. The van der Waals surface area contributed by atoms with Gasteiger partial charge in [-0.05, 0) is 51.1 Å². The zero-order valence-corrected chi connectivity index (χ0v) is 15.6. The van der Waals surface area contributed by atoms with Crippen molar-refractivity contribution in [1.29, 1.82) is 0 Å². The molecule has 0 fully saturated rings. The molecule has 0 unspecified atom stereocenters. The molecule has 0 radical (unpaired) electrons. The van der Waals surface area contributed by atoms with Crippen LogP contribution in [0.15, 0.2) is 22.8 Å². The Bertz CT molecular complexity index is 1080. The molecule has 0 amide bonds. The second-order valence-corrected chi connectivity index (χ2v) is 7.93. The van der Waals surface area contributed by atoms with Crippen LogP contribution >= 0.6 is 11.3 Å². The molecule has 5 rings (SSSR count). The molecule has 26 heavy (non-hydrogen) atoms. The van der Waals surface area contributed by atoms with Crippen molar-refractivity contribution in [2.75, 3.05) is 32.5 Å². The molecule has 4 aromatic heterocycles. The molecule has 8 heteroatoms. The third-order valence-corrected chi connectivity index (χ3v) is 5.91. The fraction of sp³-hybridized carbons (Fsp3) is 0.389. The van der Waals surface area contributed by atoms with Crippen molar-refractivity contribution >= 4 is 33.1 Å². The fourth-order valence-corrected chi connectivity index (χ4v) is 4.74. The molecular weight excluding hydrogens is 348 g/mol. The summed E-state index contributed by atoms with van der Waals surface area (Å²) in [6.07, 6.45) is 5.10. The van der Waals surface area contributed by atoms with Gasteiger partial charge in [0.15, 0.2) is 11.4 Å². The van der Waals surface area contributed by atoms with Crippen molar-refractivity contribution in [2.24, 2.45) is 0 Å². The average Bonchev–Trinajstić information content (AvgIpc) is 3.36. The monoisotopic (exact) mass is 368 g/mol. The molecule has 0 saturated carbocycles. The Morgan fingerprint density at radius 2 is 2.23 bits per heavy atom. The Labute approximate surface area is 154 Å². The lowest BCUT2D eigenvalue weighted by atomic mass is 10.2. The van der Waals surface area contributed by atoms with Crippen LogP contribution in [-0.4, -0.2) is 51.7 Å². The number of aryl methyl sites for hydroxylation is 2. The Morgan fingerprint density at radius 1 is 1.31 bits per heavy atom. The topological polar surface area (TPSA) is 71.5 Å². The van der Waals surface area contributed by atoms with Gasteiger partial charge in [0, 0.05) is 18.0 Å². The first-order valence-electron chi connectivity index (χ1n) is 8.84. The minimum absolute atomic E-state index is 0.595. The summed E-state index contributed by atoms with van der Waals surface area (Å²) in [5.41, 5.74) is 2.27. The summed E-state index contributed by atoms with van der Waals surface area (Å²) in [4.78, 5) is 14.3. The smallest absolute Gasteiger partial charge is 0.227 e. The maximum absolute atomic E-state index is 5.50. The minimum Gasteiger partial charge on any atom is -0.461 e. The lowest BCUT2D eigenvalue weighted by molar-refractivity contribution is 0.424. The Morgan fingerprint density at radius 3 is 3.04 bits per heavy atom. The van der Waals surface area contributed by atoms with Crippen molar-refractivity contribution in [1.82, 2.24) is 24.5 Å². The number of thiophene rings is 1. The Kier molecular flexibility index (Phi) is 3.68. The molecule has 4 heterocycles. The van der Waals surface area contributed by atoms with Crippen molar-refractivity contribution < 1.29 is 4.42 Å². The van der Waals surface area contributed by atoms with E-state index < -0.39 is 0 Å². The van der Waals surface area contributed by atoms with E-state index in [2.05, 4.69) is 29.4 Å². The first-order chi connectivity index (χ1) is 12.7. The molecule has 0 aliphatic heterocycles. The summed E-state index contributed by atoms with van der Waals surface area (Å²) in [5, 5.41) is 9.26. The van der Waals surface area contributed by atoms with Crippen LogP contribution in [0.3, 0.4) is 0 Å². The van der Waals surface area contributed by atoms with Crippen LogP contribution in [0.1, 0.15) is 16.9 Å². The molecule has 0 spiro atoms. The van der Waals surface area contributed by atoms with E-state index in [9.17, 15) is 0 Å². The number of likely N-dealkylation sites (N-methyl/N-ethyl adjacent to an activating group) is 1. The number of rotatable bonds is 5. The summed E-state index contributed by atoms with van der Waals surface area (Å²) in [5.74, 6) is 2.01. The van der Waals surface area contributed by atoms with Crippen LogP contribution < -0.4 is 5.32 Å². The second-order valence-electron chi connectivity index (χ2n) is 6.85. The quantitative estimate of drug-likeness (QED) is 0.584. The van der Waals surface area contributed by atoms with Crippen LogP contribution in [0, 0.1) is 0 Å². The number of hydrogen-bond acceptors (Lipinski definition) is 7. The highest BCUT2D eigenvalue weighted by Gasteiger charge is 2.24. The fourth-order valence-electron chi connectivity index (χ4n) is 3.48. The molecule has 4 aromatic rings. The summed E-state index contributed by atoms with van der Waals surface area (Å²) in [6, 6.07) is 3.74. The Balaban J connectivity index is 1.70. The van der Waals surface area contributed by atoms with Gasteiger partial charge in [-0.25, -0.2) is 9.97 Å². The first kappa shape index (κ1) is 15.8. The number of aromatic nitrogens is 4. The van der Waals surface area contributed by atoms with E-state index in [1.54, 1.807) is 17.6 Å². The van der Waals surface area contributed by atoms with Gasteiger partial charge in [-0.15, -0.1) is 16.4 Å². The average molecular weight is 368 g/mol. The van der Waals surface area contributed by atoms with Crippen molar-refractivity contribution in [3.8, 4) is 11.6 Å². The van der Waals surface area contributed by atoms with Gasteiger partial charge in [-0.3, -0.25) is 0 Å². The van der Waals surface area contributed by atoms with E-state index in [0.29, 0.717) is 11.6 Å². The maximum Gasteiger partial charge on any atom is 0.227 e. The number of nitrogens with one attached hydrogen (secondary N) is 1. The van der Waals surface area contributed by atoms with Crippen LogP contribution in [0.5, 0.6) is 0 Å². The molecule has 1 N–H and O–H groups in total. The number of hydrogen-bond donors (Lipinski definition) is 1. The van der Waals surface area contributed by atoms with Gasteiger partial charge in [-0.2, -0.15) is 4.52 Å². The third-order valence-electron chi connectivity index (χ3n) is 4.73. The van der Waals surface area contributed by atoms with Crippen LogP contribution in [-0.2, 0) is 12.8 Å². The summed E-state index contributed by atoms with van der Waals surface area (Å²) in [6.45, 7) is 1.71. The molecule has 1 aliphatic rings. The third kappa shape index (κ3) is 2.48. The summed E-state index contributed by atoms with van der Waals surface area (Å²) in [7, 11) is 4.12. The molecular formula is C18H20N6OS. The second kappa shape index (κ2) is 6.07. The standard InChI is InChI=1S/C18H20N6OS/c1-23(2)9-8-19-18-21-17-14(11-5-3-7-13(11)26-17)16-20-15(22-24(16)18)12-6-4-10-25-12/h4,6,10H,3,5,7-9H2,1-2H3,(H,19,21). The highest BCUT2D eigenvalue weighted by Crippen LogP contribution is 2.39. The zero-order valence-electron chi connectivity index (χ0n) is 14.8. The molecule has 7 nitrogen and oxygen atoms in total. The van der Waals surface area contributed by atoms with Gasteiger partial charge in [0.2, 0.25) is 11.8 Å². The number of furan rings is 1. The van der Waals surface area contributed by atoms with Crippen molar-refractivity contribution in [3.05, 3.63) is 28.8 Å². The van der Waals surface area contributed by atoms with Gasteiger partial charge in [-0.1, -0.05) is 0 Å². The zero-order chi connectivity index (χ0) is 17.7. The van der Waals surface area contributed by atoms with Gasteiger partial charge < -0.3 is 14.6 Å². The number of anilines is 1. The van der Waals surface area contributed by atoms with E-state index in [0.717, 1.165) is 47.7 Å². The maximum atomic E-state index is 5.50. The predicted octanol–water partition coefficient (Wildman–Crippen LogP) is 3.06. The molecule has 134 valence electrons. The van der Waals surface area contributed by atoms with Crippen molar-refractivity contribution in [2.45, 2.75) is 19.3 Å². The Hall–Kier alpha value is -2.45. The van der Waals surface area contributed by atoms with Gasteiger partial charge in [0.25, 0.3) is 0 Å². The number of fused-ring (bicyclic) bond motifs is 5.